The van der Waals surface area contributed by atoms with Crippen LogP contribution in [0.15, 0.2) is 76.3 Å². The third-order valence-corrected chi connectivity index (χ3v) is 6.09. The summed E-state index contributed by atoms with van der Waals surface area (Å²) in [4.78, 5) is 0. The minimum absolute atomic E-state index is 0.0724. The average Bonchev–Trinajstić information content (AvgIpc) is 3.20. The van der Waals surface area contributed by atoms with Gasteiger partial charge >= 0.3 is 0 Å². The number of hydrogen-bond donors (Lipinski definition) is 0. The van der Waals surface area contributed by atoms with Crippen LogP contribution in [0.4, 0.5) is 0 Å². The summed E-state index contributed by atoms with van der Waals surface area (Å²) < 4.78 is 12.7. The van der Waals surface area contributed by atoms with Gasteiger partial charge in [0.15, 0.2) is 0 Å². The number of rotatable bonds is 3. The SMILES string of the molecule is COc1ccc(C2=NN3[C@@H](c4ccc(Br)cc4)Oc4ccc(Cl)cc4[C@@H]3C2)cc1. The topological polar surface area (TPSA) is 34.1 Å². The Balaban J connectivity index is 1.57. The van der Waals surface area contributed by atoms with Crippen LogP contribution in [0.3, 0.4) is 0 Å². The third-order valence-electron chi connectivity index (χ3n) is 5.33. The second-order valence-corrected chi connectivity index (χ2v) is 8.43. The quantitative estimate of drug-likeness (QED) is 0.448. The van der Waals surface area contributed by atoms with Gasteiger partial charge in [0, 0.05) is 27.0 Å². The molecule has 0 radical (unpaired) electrons. The van der Waals surface area contributed by atoms with Gasteiger partial charge in [-0.05, 0) is 60.2 Å². The van der Waals surface area contributed by atoms with Crippen molar-refractivity contribution < 1.29 is 9.47 Å². The van der Waals surface area contributed by atoms with E-state index in [1.54, 1.807) is 7.11 Å². The van der Waals surface area contributed by atoms with E-state index in [0.717, 1.165) is 44.8 Å². The molecule has 0 bridgehead atoms. The zero-order valence-corrected chi connectivity index (χ0v) is 18.0. The molecule has 0 amide bonds. The molecule has 2 aliphatic heterocycles. The average molecular weight is 470 g/mol. The van der Waals surface area contributed by atoms with Crippen LogP contribution in [0.2, 0.25) is 5.02 Å². The maximum Gasteiger partial charge on any atom is 0.213 e. The Morgan fingerprint density at radius 1 is 1.07 bits per heavy atom. The lowest BCUT2D eigenvalue weighted by molar-refractivity contribution is -0.0190. The molecule has 4 nitrogen and oxygen atoms in total. The van der Waals surface area contributed by atoms with Crippen molar-refractivity contribution in [2.75, 3.05) is 7.11 Å². The van der Waals surface area contributed by atoms with E-state index in [1.165, 1.54) is 0 Å². The summed E-state index contributed by atoms with van der Waals surface area (Å²) in [6.45, 7) is 0. The standard InChI is InChI=1S/C23H18BrClN2O2/c1-28-18-9-4-14(5-10-18)20-13-21-19-12-17(25)8-11-22(19)29-23(27(21)26-20)15-2-6-16(24)7-3-15/h2-12,21,23H,13H2,1H3/t21-,23+/m0/s1. The first-order valence-electron chi connectivity index (χ1n) is 9.34. The Bertz CT molecular complexity index is 1080. The number of methoxy groups -OCH3 is 1. The lowest BCUT2D eigenvalue weighted by atomic mass is 9.96. The van der Waals surface area contributed by atoms with Crippen molar-refractivity contribution in [2.24, 2.45) is 5.10 Å². The molecular weight excluding hydrogens is 452 g/mol. The molecule has 2 atom stereocenters. The van der Waals surface area contributed by atoms with Crippen LogP contribution in [0.5, 0.6) is 11.5 Å². The molecule has 0 aliphatic carbocycles. The number of fused-ring (bicyclic) bond motifs is 3. The Morgan fingerprint density at radius 3 is 2.55 bits per heavy atom. The van der Waals surface area contributed by atoms with Crippen molar-refractivity contribution >= 4 is 33.2 Å². The molecule has 6 heteroatoms. The summed E-state index contributed by atoms with van der Waals surface area (Å²) in [5.41, 5.74) is 4.23. The summed E-state index contributed by atoms with van der Waals surface area (Å²) in [6, 6.07) is 22.1. The largest absolute Gasteiger partial charge is 0.497 e. The highest BCUT2D eigenvalue weighted by atomic mass is 79.9. The van der Waals surface area contributed by atoms with Crippen LogP contribution in [-0.4, -0.2) is 17.8 Å². The predicted octanol–water partition coefficient (Wildman–Crippen LogP) is 6.35. The smallest absolute Gasteiger partial charge is 0.213 e. The minimum atomic E-state index is -0.294. The van der Waals surface area contributed by atoms with Crippen LogP contribution in [0, 0.1) is 0 Å². The highest BCUT2D eigenvalue weighted by Crippen LogP contribution is 2.48. The van der Waals surface area contributed by atoms with E-state index in [2.05, 4.69) is 33.1 Å². The Kier molecular flexibility index (Phi) is 4.72. The van der Waals surface area contributed by atoms with E-state index < -0.39 is 0 Å². The predicted molar refractivity (Wildman–Crippen MR) is 118 cm³/mol. The molecular formula is C23H18BrClN2O2. The Hall–Kier alpha value is -2.50. The van der Waals surface area contributed by atoms with Gasteiger partial charge in [-0.15, -0.1) is 0 Å². The molecule has 3 aromatic rings. The lowest BCUT2D eigenvalue weighted by Crippen LogP contribution is -2.33. The molecule has 0 saturated heterocycles. The molecule has 0 N–H and O–H groups in total. The number of ether oxygens (including phenoxy) is 2. The molecule has 0 fully saturated rings. The molecule has 0 spiro atoms. The lowest BCUT2D eigenvalue weighted by Gasteiger charge is -2.38. The molecule has 2 heterocycles. The van der Waals surface area contributed by atoms with Crippen molar-refractivity contribution in [3.63, 3.8) is 0 Å². The van der Waals surface area contributed by atoms with E-state index in [9.17, 15) is 0 Å². The first-order chi connectivity index (χ1) is 14.1. The summed E-state index contributed by atoms with van der Waals surface area (Å²) in [5.74, 6) is 1.69. The van der Waals surface area contributed by atoms with Crippen LogP contribution < -0.4 is 9.47 Å². The fourth-order valence-corrected chi connectivity index (χ4v) is 4.31. The van der Waals surface area contributed by atoms with Gasteiger partial charge in [-0.25, -0.2) is 5.01 Å². The first-order valence-corrected chi connectivity index (χ1v) is 10.5. The van der Waals surface area contributed by atoms with Crippen molar-refractivity contribution in [1.29, 1.82) is 0 Å². The maximum atomic E-state index is 6.37. The first kappa shape index (κ1) is 18.5. The van der Waals surface area contributed by atoms with Crippen molar-refractivity contribution in [3.05, 3.63) is 92.9 Å². The monoisotopic (exact) mass is 468 g/mol. The maximum absolute atomic E-state index is 6.37. The van der Waals surface area contributed by atoms with Crippen LogP contribution in [0.1, 0.15) is 35.4 Å². The van der Waals surface area contributed by atoms with Gasteiger partial charge in [-0.1, -0.05) is 39.7 Å². The van der Waals surface area contributed by atoms with Crippen molar-refractivity contribution in [2.45, 2.75) is 18.7 Å². The van der Waals surface area contributed by atoms with Gasteiger partial charge in [0.2, 0.25) is 6.23 Å². The third kappa shape index (κ3) is 3.38. The fourth-order valence-electron chi connectivity index (χ4n) is 3.86. The fraction of sp³-hybridized carbons (Fsp3) is 0.174. The molecule has 5 rings (SSSR count). The van der Waals surface area contributed by atoms with Crippen LogP contribution >= 0.6 is 27.5 Å². The van der Waals surface area contributed by atoms with E-state index in [1.807, 2.05) is 54.6 Å². The van der Waals surface area contributed by atoms with Crippen LogP contribution in [0.25, 0.3) is 0 Å². The van der Waals surface area contributed by atoms with Gasteiger partial charge in [0.05, 0.1) is 18.9 Å². The number of hydrazone groups is 1. The highest BCUT2D eigenvalue weighted by molar-refractivity contribution is 9.10. The molecule has 3 aromatic carbocycles. The van der Waals surface area contributed by atoms with Crippen LogP contribution in [-0.2, 0) is 0 Å². The molecule has 0 unspecified atom stereocenters. The zero-order chi connectivity index (χ0) is 20.0. The summed E-state index contributed by atoms with van der Waals surface area (Å²) in [6.07, 6.45) is 0.494. The van der Waals surface area contributed by atoms with E-state index in [-0.39, 0.29) is 12.3 Å². The van der Waals surface area contributed by atoms with Gasteiger partial charge in [0.1, 0.15) is 11.5 Å². The molecule has 0 aromatic heterocycles. The van der Waals surface area contributed by atoms with Gasteiger partial charge < -0.3 is 9.47 Å². The molecule has 0 saturated carbocycles. The van der Waals surface area contributed by atoms with E-state index >= 15 is 0 Å². The van der Waals surface area contributed by atoms with Crippen molar-refractivity contribution in [1.82, 2.24) is 5.01 Å². The van der Waals surface area contributed by atoms with E-state index in [0.29, 0.717) is 5.02 Å². The Labute approximate surface area is 182 Å². The highest BCUT2D eigenvalue weighted by Gasteiger charge is 2.41. The summed E-state index contributed by atoms with van der Waals surface area (Å²) in [7, 11) is 1.67. The van der Waals surface area contributed by atoms with Gasteiger partial charge in [-0.3, -0.25) is 0 Å². The summed E-state index contributed by atoms with van der Waals surface area (Å²) in [5, 5.41) is 7.73. The van der Waals surface area contributed by atoms with Gasteiger partial charge in [0.25, 0.3) is 0 Å². The van der Waals surface area contributed by atoms with Gasteiger partial charge in [-0.2, -0.15) is 5.10 Å². The minimum Gasteiger partial charge on any atom is -0.497 e. The number of nitrogens with zero attached hydrogens (tertiary/aromatic N) is 2. The normalized spacial score (nSPS) is 19.8. The summed E-state index contributed by atoms with van der Waals surface area (Å²) >= 11 is 9.80. The van der Waals surface area contributed by atoms with Crippen molar-refractivity contribution in [3.8, 4) is 11.5 Å². The zero-order valence-electron chi connectivity index (χ0n) is 15.7. The number of hydrogen-bond acceptors (Lipinski definition) is 4. The second-order valence-electron chi connectivity index (χ2n) is 7.08. The molecule has 2 aliphatic rings. The molecule has 29 heavy (non-hydrogen) atoms. The van der Waals surface area contributed by atoms with E-state index in [4.69, 9.17) is 26.2 Å². The number of benzene rings is 3. The Morgan fingerprint density at radius 2 is 1.83 bits per heavy atom. The second kappa shape index (κ2) is 7.39. The molecule has 146 valence electrons. The number of halogens is 2.